The molecule has 0 saturated carbocycles. The van der Waals surface area contributed by atoms with Crippen molar-refractivity contribution in [1.29, 1.82) is 0 Å². The highest BCUT2D eigenvalue weighted by Gasteiger charge is 2.30. The van der Waals surface area contributed by atoms with E-state index >= 15 is 0 Å². The first-order chi connectivity index (χ1) is 9.49. The van der Waals surface area contributed by atoms with E-state index in [-0.39, 0.29) is 0 Å². The number of anilines is 1. The van der Waals surface area contributed by atoms with Crippen molar-refractivity contribution in [2.75, 3.05) is 38.6 Å². The summed E-state index contributed by atoms with van der Waals surface area (Å²) in [7, 11) is 3.95. The first kappa shape index (κ1) is 14.8. The summed E-state index contributed by atoms with van der Waals surface area (Å²) < 4.78 is 0. The van der Waals surface area contributed by atoms with E-state index in [0.717, 1.165) is 30.9 Å². The third-order valence-electron chi connectivity index (χ3n) is 3.72. The van der Waals surface area contributed by atoms with Gasteiger partial charge in [0.25, 0.3) is 0 Å². The van der Waals surface area contributed by atoms with Gasteiger partial charge in [0.2, 0.25) is 0 Å². The summed E-state index contributed by atoms with van der Waals surface area (Å²) in [5.74, 6) is -0.781. The third-order valence-corrected chi connectivity index (χ3v) is 3.72. The van der Waals surface area contributed by atoms with Gasteiger partial charge >= 0.3 is 5.97 Å². The number of carbonyl (C=O) groups is 1. The van der Waals surface area contributed by atoms with E-state index in [1.54, 1.807) is 0 Å². The van der Waals surface area contributed by atoms with E-state index in [0.29, 0.717) is 6.04 Å². The number of rotatable bonds is 4. The molecule has 5 heteroatoms. The SMILES string of the molecule is CC1CN(C(C(=O)O)c2ccc(N(C)C)cc2)CCN1. The molecule has 0 bridgehead atoms. The van der Waals surface area contributed by atoms with Crippen LogP contribution in [0.4, 0.5) is 5.69 Å². The fourth-order valence-corrected chi connectivity index (χ4v) is 2.66. The van der Waals surface area contributed by atoms with E-state index in [1.165, 1.54) is 0 Å². The standard InChI is InChI=1S/C15H23N3O2/c1-11-10-18(9-8-16-11)14(15(19)20)12-4-6-13(7-5-12)17(2)3/h4-7,11,14,16H,8-10H2,1-3H3,(H,19,20). The molecular formula is C15H23N3O2. The molecule has 5 nitrogen and oxygen atoms in total. The molecule has 0 aliphatic carbocycles. The molecular weight excluding hydrogens is 254 g/mol. The average Bonchev–Trinajstić information content (AvgIpc) is 2.39. The van der Waals surface area contributed by atoms with E-state index in [1.807, 2.05) is 48.2 Å². The van der Waals surface area contributed by atoms with Gasteiger partial charge in [-0.1, -0.05) is 12.1 Å². The predicted molar refractivity (Wildman–Crippen MR) is 80.2 cm³/mol. The summed E-state index contributed by atoms with van der Waals surface area (Å²) in [5.41, 5.74) is 1.92. The van der Waals surface area contributed by atoms with Crippen molar-refractivity contribution in [3.05, 3.63) is 29.8 Å². The van der Waals surface area contributed by atoms with Gasteiger partial charge in [-0.25, -0.2) is 0 Å². The Morgan fingerprint density at radius 3 is 2.55 bits per heavy atom. The summed E-state index contributed by atoms with van der Waals surface area (Å²) in [4.78, 5) is 15.7. The Kier molecular flexibility index (Phi) is 4.62. The average molecular weight is 277 g/mol. The van der Waals surface area contributed by atoms with Gasteiger partial charge in [0.15, 0.2) is 0 Å². The first-order valence-corrected chi connectivity index (χ1v) is 6.96. The largest absolute Gasteiger partial charge is 0.480 e. The lowest BCUT2D eigenvalue weighted by Crippen LogP contribution is -2.51. The van der Waals surface area contributed by atoms with Crippen molar-refractivity contribution in [2.45, 2.75) is 19.0 Å². The van der Waals surface area contributed by atoms with Crippen LogP contribution in [0.1, 0.15) is 18.5 Å². The third kappa shape index (κ3) is 3.29. The minimum Gasteiger partial charge on any atom is -0.480 e. The Morgan fingerprint density at radius 2 is 2.05 bits per heavy atom. The second-order valence-electron chi connectivity index (χ2n) is 5.58. The highest BCUT2D eigenvalue weighted by atomic mass is 16.4. The number of benzene rings is 1. The number of carboxylic acid groups (broad SMARTS) is 1. The second kappa shape index (κ2) is 6.24. The molecule has 1 aromatic carbocycles. The summed E-state index contributed by atoms with van der Waals surface area (Å²) in [6, 6.07) is 7.54. The molecule has 110 valence electrons. The minimum absolute atomic E-state index is 0.326. The van der Waals surface area contributed by atoms with Gasteiger partial charge < -0.3 is 15.3 Å². The highest BCUT2D eigenvalue weighted by Crippen LogP contribution is 2.24. The monoisotopic (exact) mass is 277 g/mol. The summed E-state index contributed by atoms with van der Waals surface area (Å²) in [5, 5.41) is 12.9. The molecule has 2 N–H and O–H groups in total. The van der Waals surface area contributed by atoms with Gasteiger partial charge in [0, 0.05) is 45.5 Å². The molecule has 1 heterocycles. The van der Waals surface area contributed by atoms with Gasteiger partial charge in [-0.3, -0.25) is 9.69 Å². The Bertz CT molecular complexity index is 459. The molecule has 0 radical (unpaired) electrons. The Balaban J connectivity index is 2.21. The normalized spacial score (nSPS) is 21.4. The number of aliphatic carboxylic acids is 1. The van der Waals surface area contributed by atoms with E-state index in [2.05, 4.69) is 12.2 Å². The number of hydrogen-bond acceptors (Lipinski definition) is 4. The molecule has 2 rings (SSSR count). The summed E-state index contributed by atoms with van der Waals surface area (Å²) in [6.45, 7) is 4.43. The van der Waals surface area contributed by atoms with Gasteiger partial charge in [-0.15, -0.1) is 0 Å². The van der Waals surface area contributed by atoms with Crippen LogP contribution in [0.3, 0.4) is 0 Å². The zero-order chi connectivity index (χ0) is 14.7. The maximum Gasteiger partial charge on any atom is 0.325 e. The van der Waals surface area contributed by atoms with Crippen LogP contribution in [0.15, 0.2) is 24.3 Å². The topological polar surface area (TPSA) is 55.8 Å². The number of piperazine rings is 1. The lowest BCUT2D eigenvalue weighted by atomic mass is 10.0. The molecule has 20 heavy (non-hydrogen) atoms. The maximum absolute atomic E-state index is 11.7. The van der Waals surface area contributed by atoms with Crippen LogP contribution >= 0.6 is 0 Å². The number of hydrogen-bond donors (Lipinski definition) is 2. The summed E-state index contributed by atoms with van der Waals surface area (Å²) in [6.07, 6.45) is 0. The minimum atomic E-state index is -0.781. The Morgan fingerprint density at radius 1 is 1.40 bits per heavy atom. The predicted octanol–water partition coefficient (Wildman–Crippen LogP) is 1.17. The van der Waals surface area contributed by atoms with E-state index in [9.17, 15) is 9.90 Å². The second-order valence-corrected chi connectivity index (χ2v) is 5.58. The van der Waals surface area contributed by atoms with E-state index in [4.69, 9.17) is 0 Å². The Labute approximate surface area is 120 Å². The van der Waals surface area contributed by atoms with Crippen molar-refractivity contribution >= 4 is 11.7 Å². The van der Waals surface area contributed by atoms with Gasteiger partial charge in [0.1, 0.15) is 6.04 Å². The van der Waals surface area contributed by atoms with E-state index < -0.39 is 12.0 Å². The lowest BCUT2D eigenvalue weighted by Gasteiger charge is -2.36. The highest BCUT2D eigenvalue weighted by molar-refractivity contribution is 5.76. The molecule has 2 atom stereocenters. The molecule has 0 aromatic heterocycles. The fraction of sp³-hybridized carbons (Fsp3) is 0.533. The maximum atomic E-state index is 11.7. The first-order valence-electron chi connectivity index (χ1n) is 6.96. The Hall–Kier alpha value is -1.59. The van der Waals surface area contributed by atoms with Crippen LogP contribution in [0.5, 0.6) is 0 Å². The van der Waals surface area contributed by atoms with Gasteiger partial charge in [-0.05, 0) is 24.6 Å². The molecule has 0 amide bonds. The van der Waals surface area contributed by atoms with Crippen LogP contribution < -0.4 is 10.2 Å². The van der Waals surface area contributed by atoms with Crippen molar-refractivity contribution in [3.63, 3.8) is 0 Å². The van der Waals surface area contributed by atoms with Crippen LogP contribution in [0.2, 0.25) is 0 Å². The van der Waals surface area contributed by atoms with Crippen LogP contribution in [0, 0.1) is 0 Å². The zero-order valence-electron chi connectivity index (χ0n) is 12.3. The lowest BCUT2D eigenvalue weighted by molar-refractivity contribution is -0.144. The molecule has 1 fully saturated rings. The van der Waals surface area contributed by atoms with Crippen LogP contribution in [0.25, 0.3) is 0 Å². The van der Waals surface area contributed by atoms with Crippen molar-refractivity contribution in [2.24, 2.45) is 0 Å². The molecule has 2 unspecified atom stereocenters. The van der Waals surface area contributed by atoms with Crippen LogP contribution in [-0.2, 0) is 4.79 Å². The molecule has 1 aromatic rings. The van der Waals surface area contributed by atoms with Crippen molar-refractivity contribution in [1.82, 2.24) is 10.2 Å². The van der Waals surface area contributed by atoms with Crippen molar-refractivity contribution in [3.8, 4) is 0 Å². The van der Waals surface area contributed by atoms with Crippen molar-refractivity contribution < 1.29 is 9.90 Å². The zero-order valence-corrected chi connectivity index (χ0v) is 12.3. The number of nitrogens with zero attached hydrogens (tertiary/aromatic N) is 2. The molecule has 1 saturated heterocycles. The summed E-state index contributed by atoms with van der Waals surface area (Å²) >= 11 is 0. The van der Waals surface area contributed by atoms with Gasteiger partial charge in [0.05, 0.1) is 0 Å². The molecule has 1 aliphatic heterocycles. The molecule has 1 aliphatic rings. The fourth-order valence-electron chi connectivity index (χ4n) is 2.66. The smallest absolute Gasteiger partial charge is 0.325 e. The quantitative estimate of drug-likeness (QED) is 0.865. The van der Waals surface area contributed by atoms with Gasteiger partial charge in [-0.2, -0.15) is 0 Å². The number of nitrogens with one attached hydrogen (secondary N) is 1. The molecule has 0 spiro atoms. The van der Waals surface area contributed by atoms with Crippen LogP contribution in [-0.4, -0.2) is 55.7 Å². The number of carboxylic acids is 1.